The summed E-state index contributed by atoms with van der Waals surface area (Å²) in [6.45, 7) is 6.54. The third-order valence-corrected chi connectivity index (χ3v) is 1.17. The lowest BCUT2D eigenvalue weighted by Gasteiger charge is -2.21. The Labute approximate surface area is 73.8 Å². The van der Waals surface area contributed by atoms with Gasteiger partial charge in [0.25, 0.3) is 0 Å². The fraction of sp³-hybridized carbons (Fsp3) is 1.00. The van der Waals surface area contributed by atoms with Gasteiger partial charge >= 0.3 is 0 Å². The Kier molecular flexibility index (Phi) is 5.41. The van der Waals surface area contributed by atoms with Crippen LogP contribution in [0.1, 0.15) is 20.8 Å². The lowest BCUT2D eigenvalue weighted by atomic mass is 10.2. The summed E-state index contributed by atoms with van der Waals surface area (Å²) in [5.74, 6) is 0. The van der Waals surface area contributed by atoms with E-state index in [2.05, 4.69) is 10.3 Å². The normalized spacial score (nSPS) is 14.8. The monoisotopic (exact) mass is 177 g/mol. The molecule has 0 fully saturated rings. The second kappa shape index (κ2) is 5.48. The molecule has 0 aliphatic heterocycles. The Morgan fingerprint density at radius 3 is 2.42 bits per heavy atom. The minimum Gasteiger partial charge on any atom is -0.389 e. The molecule has 0 bridgehead atoms. The lowest BCUT2D eigenvalue weighted by molar-refractivity contribution is -0.0584. The fourth-order valence-electron chi connectivity index (χ4n) is 0.585. The first-order valence-corrected chi connectivity index (χ1v) is 4.03. The smallest absolute Gasteiger partial charge is 0.0921 e. The van der Waals surface area contributed by atoms with Crippen molar-refractivity contribution in [3.63, 3.8) is 0 Å². The van der Waals surface area contributed by atoms with Gasteiger partial charge in [-0.25, -0.2) is 5.48 Å². The van der Waals surface area contributed by atoms with Crippen molar-refractivity contribution in [1.29, 1.82) is 0 Å². The van der Waals surface area contributed by atoms with Gasteiger partial charge < -0.3 is 14.7 Å². The molecule has 0 amide bonds. The molecule has 0 heterocycles. The van der Waals surface area contributed by atoms with E-state index in [1.165, 1.54) is 7.11 Å². The Bertz CT molecular complexity index is 111. The Balaban J connectivity index is 3.37. The third kappa shape index (κ3) is 7.94. The first-order chi connectivity index (χ1) is 5.45. The van der Waals surface area contributed by atoms with Crippen LogP contribution in [0.2, 0.25) is 0 Å². The van der Waals surface area contributed by atoms with Crippen LogP contribution in [0.15, 0.2) is 0 Å². The van der Waals surface area contributed by atoms with Crippen LogP contribution in [0.25, 0.3) is 0 Å². The van der Waals surface area contributed by atoms with Crippen LogP contribution in [0.5, 0.6) is 0 Å². The molecule has 0 aliphatic rings. The van der Waals surface area contributed by atoms with E-state index in [9.17, 15) is 5.11 Å². The van der Waals surface area contributed by atoms with Gasteiger partial charge in [0.1, 0.15) is 0 Å². The molecule has 0 spiro atoms. The molecule has 1 unspecified atom stereocenters. The van der Waals surface area contributed by atoms with Crippen molar-refractivity contribution < 1.29 is 14.7 Å². The van der Waals surface area contributed by atoms with Crippen molar-refractivity contribution in [3.8, 4) is 0 Å². The molecule has 0 rings (SSSR count). The largest absolute Gasteiger partial charge is 0.389 e. The summed E-state index contributed by atoms with van der Waals surface area (Å²) in [7, 11) is 1.51. The molecule has 0 radical (unpaired) electrons. The van der Waals surface area contributed by atoms with E-state index in [4.69, 9.17) is 4.74 Å². The summed E-state index contributed by atoms with van der Waals surface area (Å²) in [5.41, 5.74) is 2.35. The van der Waals surface area contributed by atoms with Gasteiger partial charge in [0, 0.05) is 6.54 Å². The first-order valence-electron chi connectivity index (χ1n) is 4.03. The summed E-state index contributed by atoms with van der Waals surface area (Å²) < 4.78 is 5.34. The predicted octanol–water partition coefficient (Wildman–Crippen LogP) is 0.313. The van der Waals surface area contributed by atoms with E-state index in [-0.39, 0.29) is 5.60 Å². The third-order valence-electron chi connectivity index (χ3n) is 1.17. The number of hydroxylamine groups is 1. The van der Waals surface area contributed by atoms with E-state index < -0.39 is 6.10 Å². The van der Waals surface area contributed by atoms with Crippen LogP contribution in [0.4, 0.5) is 0 Å². The van der Waals surface area contributed by atoms with Crippen LogP contribution in [0.3, 0.4) is 0 Å². The average Bonchev–Trinajstić information content (AvgIpc) is 1.95. The maximum atomic E-state index is 9.28. The predicted molar refractivity (Wildman–Crippen MR) is 46.7 cm³/mol. The maximum Gasteiger partial charge on any atom is 0.0921 e. The first kappa shape index (κ1) is 11.8. The molecule has 4 heteroatoms. The highest BCUT2D eigenvalue weighted by Crippen LogP contribution is 2.06. The summed E-state index contributed by atoms with van der Waals surface area (Å²) >= 11 is 0. The van der Waals surface area contributed by atoms with Crippen molar-refractivity contribution in [2.24, 2.45) is 0 Å². The van der Waals surface area contributed by atoms with Crippen molar-refractivity contribution in [2.75, 3.05) is 20.3 Å². The molecule has 0 aromatic heterocycles. The summed E-state index contributed by atoms with van der Waals surface area (Å²) in [6.07, 6.45) is -0.524. The summed E-state index contributed by atoms with van der Waals surface area (Å²) in [6, 6.07) is 0. The van der Waals surface area contributed by atoms with E-state index in [1.807, 2.05) is 20.8 Å². The highest BCUT2D eigenvalue weighted by atomic mass is 16.6. The maximum absolute atomic E-state index is 9.28. The quantitative estimate of drug-likeness (QED) is 0.594. The lowest BCUT2D eigenvalue weighted by Crippen LogP contribution is -2.33. The zero-order chi connectivity index (χ0) is 9.61. The van der Waals surface area contributed by atoms with E-state index in [1.54, 1.807) is 0 Å². The highest BCUT2D eigenvalue weighted by Gasteiger charge is 2.12. The summed E-state index contributed by atoms with van der Waals surface area (Å²) in [4.78, 5) is 4.58. The van der Waals surface area contributed by atoms with Gasteiger partial charge in [0.15, 0.2) is 0 Å². The number of rotatable bonds is 5. The summed E-state index contributed by atoms with van der Waals surface area (Å²) in [5, 5.41) is 9.28. The minimum absolute atomic E-state index is 0.200. The van der Waals surface area contributed by atoms with Crippen molar-refractivity contribution in [3.05, 3.63) is 0 Å². The van der Waals surface area contributed by atoms with Gasteiger partial charge in [-0.05, 0) is 20.8 Å². The van der Waals surface area contributed by atoms with Gasteiger partial charge in [0.05, 0.1) is 25.4 Å². The Morgan fingerprint density at radius 1 is 1.42 bits per heavy atom. The van der Waals surface area contributed by atoms with E-state index in [0.29, 0.717) is 13.2 Å². The molecule has 0 aromatic rings. The Hall–Kier alpha value is -0.160. The average molecular weight is 177 g/mol. The molecule has 0 saturated carbocycles. The zero-order valence-corrected chi connectivity index (χ0v) is 8.26. The zero-order valence-electron chi connectivity index (χ0n) is 8.26. The van der Waals surface area contributed by atoms with E-state index >= 15 is 0 Å². The number of hydrogen-bond donors (Lipinski definition) is 2. The number of aliphatic hydroxyl groups is 1. The molecular formula is C8H19NO3. The van der Waals surface area contributed by atoms with Crippen molar-refractivity contribution >= 4 is 0 Å². The van der Waals surface area contributed by atoms with Crippen LogP contribution in [0, 0.1) is 0 Å². The van der Waals surface area contributed by atoms with E-state index in [0.717, 1.165) is 0 Å². The van der Waals surface area contributed by atoms with Gasteiger partial charge in [-0.2, -0.15) is 0 Å². The van der Waals surface area contributed by atoms with Crippen molar-refractivity contribution in [1.82, 2.24) is 5.48 Å². The molecule has 0 aliphatic carbocycles. The van der Waals surface area contributed by atoms with Crippen LogP contribution < -0.4 is 5.48 Å². The Morgan fingerprint density at radius 2 is 2.00 bits per heavy atom. The number of ether oxygens (including phenoxy) is 1. The molecule has 2 N–H and O–H groups in total. The van der Waals surface area contributed by atoms with Crippen molar-refractivity contribution in [2.45, 2.75) is 32.5 Å². The molecule has 0 saturated heterocycles. The second-order valence-corrected chi connectivity index (χ2v) is 3.63. The number of aliphatic hydroxyl groups excluding tert-OH is 1. The van der Waals surface area contributed by atoms with Crippen LogP contribution >= 0.6 is 0 Å². The number of hydrogen-bond acceptors (Lipinski definition) is 4. The fourth-order valence-corrected chi connectivity index (χ4v) is 0.585. The van der Waals surface area contributed by atoms with Crippen LogP contribution in [-0.4, -0.2) is 37.1 Å². The second-order valence-electron chi connectivity index (χ2n) is 3.63. The SMILES string of the molecule is CONCC(O)COC(C)(C)C. The molecule has 0 aromatic carbocycles. The van der Waals surface area contributed by atoms with Gasteiger partial charge in [0.2, 0.25) is 0 Å². The van der Waals surface area contributed by atoms with Gasteiger partial charge in [-0.1, -0.05) is 0 Å². The molecule has 74 valence electrons. The van der Waals surface area contributed by atoms with Gasteiger partial charge in [-0.3, -0.25) is 0 Å². The number of nitrogens with one attached hydrogen (secondary N) is 1. The molecule has 1 atom stereocenters. The minimum atomic E-state index is -0.524. The highest BCUT2D eigenvalue weighted by molar-refractivity contribution is 4.62. The standard InChI is InChI=1S/C8H19NO3/c1-8(2,3)12-6-7(10)5-9-11-4/h7,9-10H,5-6H2,1-4H3. The van der Waals surface area contributed by atoms with Crippen LogP contribution in [-0.2, 0) is 9.57 Å². The molecule has 12 heavy (non-hydrogen) atoms. The molecular weight excluding hydrogens is 158 g/mol. The topological polar surface area (TPSA) is 50.7 Å². The molecule has 4 nitrogen and oxygen atoms in total. The van der Waals surface area contributed by atoms with Gasteiger partial charge in [-0.15, -0.1) is 0 Å².